The fraction of sp³-hybridized carbons (Fsp3) is 0.467. The van der Waals surface area contributed by atoms with Gasteiger partial charge in [0.1, 0.15) is 5.82 Å². The van der Waals surface area contributed by atoms with E-state index in [9.17, 15) is 0 Å². The molecule has 1 N–H and O–H groups in total. The fourth-order valence-electron chi connectivity index (χ4n) is 2.27. The van der Waals surface area contributed by atoms with Crippen molar-refractivity contribution in [3.05, 3.63) is 30.5 Å². The lowest BCUT2D eigenvalue weighted by Crippen LogP contribution is -2.37. The van der Waals surface area contributed by atoms with E-state index in [1.165, 1.54) is 0 Å². The summed E-state index contributed by atoms with van der Waals surface area (Å²) >= 11 is 0. The quantitative estimate of drug-likeness (QED) is 0.865. The summed E-state index contributed by atoms with van der Waals surface area (Å²) in [4.78, 5) is 11.4. The minimum absolute atomic E-state index is 0.489. The van der Waals surface area contributed by atoms with Crippen LogP contribution in [-0.4, -0.2) is 40.5 Å². The third-order valence-corrected chi connectivity index (χ3v) is 3.46. The van der Waals surface area contributed by atoms with Crippen LogP contribution in [0.2, 0.25) is 0 Å². The largest absolute Gasteiger partial charge is 0.367 e. The molecule has 0 spiro atoms. The van der Waals surface area contributed by atoms with Crippen LogP contribution in [0.3, 0.4) is 0 Å². The van der Waals surface area contributed by atoms with Crippen LogP contribution in [0.5, 0.6) is 0 Å². The van der Waals surface area contributed by atoms with E-state index in [0.717, 1.165) is 36.5 Å². The third kappa shape index (κ3) is 3.41. The molecule has 2 aromatic rings. The highest BCUT2D eigenvalue weighted by atomic mass is 15.2. The second-order valence-corrected chi connectivity index (χ2v) is 4.70. The number of fused-ring (bicyclic) bond motifs is 1. The van der Waals surface area contributed by atoms with Gasteiger partial charge in [0, 0.05) is 12.6 Å². The zero-order chi connectivity index (χ0) is 13.7. The number of nitrogens with one attached hydrogen (secondary N) is 1. The molecule has 0 saturated heterocycles. The molecule has 1 unspecified atom stereocenters. The number of aromatic nitrogens is 2. The molecular weight excluding hydrogens is 236 g/mol. The molecule has 4 nitrogen and oxygen atoms in total. The highest BCUT2D eigenvalue weighted by Gasteiger charge is 2.09. The molecule has 1 heterocycles. The van der Waals surface area contributed by atoms with Crippen molar-refractivity contribution < 1.29 is 0 Å². The molecule has 1 aromatic carbocycles. The van der Waals surface area contributed by atoms with Crippen molar-refractivity contribution in [2.45, 2.75) is 26.8 Å². The Kier molecular flexibility index (Phi) is 4.68. The first-order valence-corrected chi connectivity index (χ1v) is 6.94. The molecule has 0 amide bonds. The molecule has 0 bridgehead atoms. The topological polar surface area (TPSA) is 41.0 Å². The summed E-state index contributed by atoms with van der Waals surface area (Å²) < 4.78 is 0. The zero-order valence-electron chi connectivity index (χ0n) is 11.9. The van der Waals surface area contributed by atoms with Crippen molar-refractivity contribution in [1.82, 2.24) is 14.9 Å². The van der Waals surface area contributed by atoms with Crippen molar-refractivity contribution in [2.24, 2.45) is 0 Å². The number of anilines is 1. The number of benzene rings is 1. The van der Waals surface area contributed by atoms with E-state index in [4.69, 9.17) is 0 Å². The summed E-state index contributed by atoms with van der Waals surface area (Å²) in [7, 11) is 0. The van der Waals surface area contributed by atoms with Crippen LogP contribution in [0.25, 0.3) is 11.0 Å². The lowest BCUT2D eigenvalue weighted by Gasteiger charge is -2.26. The lowest BCUT2D eigenvalue weighted by molar-refractivity contribution is 0.240. The van der Waals surface area contributed by atoms with Crippen LogP contribution in [0.15, 0.2) is 30.5 Å². The lowest BCUT2D eigenvalue weighted by atomic mass is 10.2. The molecule has 0 aliphatic heterocycles. The van der Waals surface area contributed by atoms with Gasteiger partial charge in [-0.1, -0.05) is 26.0 Å². The van der Waals surface area contributed by atoms with Crippen LogP contribution in [-0.2, 0) is 0 Å². The van der Waals surface area contributed by atoms with Gasteiger partial charge < -0.3 is 5.32 Å². The van der Waals surface area contributed by atoms with E-state index in [1.54, 1.807) is 6.20 Å². The first-order chi connectivity index (χ1) is 9.24. The van der Waals surface area contributed by atoms with Gasteiger partial charge >= 0.3 is 0 Å². The molecule has 1 aromatic heterocycles. The maximum absolute atomic E-state index is 4.57. The smallest absolute Gasteiger partial charge is 0.145 e. The van der Waals surface area contributed by atoms with Crippen molar-refractivity contribution >= 4 is 16.9 Å². The monoisotopic (exact) mass is 258 g/mol. The average Bonchev–Trinajstić information content (AvgIpc) is 2.46. The van der Waals surface area contributed by atoms with Crippen LogP contribution in [0.1, 0.15) is 20.8 Å². The van der Waals surface area contributed by atoms with Gasteiger partial charge in [0.2, 0.25) is 0 Å². The average molecular weight is 258 g/mol. The summed E-state index contributed by atoms with van der Waals surface area (Å²) in [6, 6.07) is 8.42. The Morgan fingerprint density at radius 2 is 1.84 bits per heavy atom. The molecule has 0 fully saturated rings. The molecule has 0 aliphatic rings. The molecule has 0 radical (unpaired) electrons. The van der Waals surface area contributed by atoms with E-state index >= 15 is 0 Å². The van der Waals surface area contributed by atoms with Gasteiger partial charge in [0.15, 0.2) is 0 Å². The van der Waals surface area contributed by atoms with Crippen molar-refractivity contribution in [3.63, 3.8) is 0 Å². The van der Waals surface area contributed by atoms with Crippen LogP contribution < -0.4 is 5.32 Å². The van der Waals surface area contributed by atoms with Crippen molar-refractivity contribution in [2.75, 3.05) is 25.0 Å². The Balaban J connectivity index is 2.01. The van der Waals surface area contributed by atoms with Gasteiger partial charge in [-0.15, -0.1) is 0 Å². The number of hydrogen-bond donors (Lipinski definition) is 1. The normalized spacial score (nSPS) is 12.8. The van der Waals surface area contributed by atoms with Crippen molar-refractivity contribution in [3.8, 4) is 0 Å². The summed E-state index contributed by atoms with van der Waals surface area (Å²) in [5.41, 5.74) is 1.87. The standard InChI is InChI=1S/C15H22N4/c1-4-19(5-2)12(3)10-17-15-11-16-13-8-6-7-9-14(13)18-15/h6-9,11-12H,4-5,10H2,1-3H3,(H,17,18). The molecule has 4 heteroatoms. The van der Waals surface area contributed by atoms with Crippen LogP contribution in [0, 0.1) is 0 Å². The van der Waals surface area contributed by atoms with E-state index in [1.807, 2.05) is 24.3 Å². The molecule has 0 saturated carbocycles. The summed E-state index contributed by atoms with van der Waals surface area (Å²) in [5.74, 6) is 0.845. The number of likely N-dealkylation sites (N-methyl/N-ethyl adjacent to an activating group) is 1. The molecule has 102 valence electrons. The number of hydrogen-bond acceptors (Lipinski definition) is 4. The Labute approximate surface area is 114 Å². The van der Waals surface area contributed by atoms with Crippen molar-refractivity contribution in [1.29, 1.82) is 0 Å². The van der Waals surface area contributed by atoms with Gasteiger partial charge in [-0.25, -0.2) is 4.98 Å². The summed E-state index contributed by atoms with van der Waals surface area (Å²) in [5, 5.41) is 3.37. The summed E-state index contributed by atoms with van der Waals surface area (Å²) in [6.07, 6.45) is 1.80. The van der Waals surface area contributed by atoms with Gasteiger partial charge in [0.05, 0.1) is 17.2 Å². The van der Waals surface area contributed by atoms with Crippen LogP contribution >= 0.6 is 0 Å². The second-order valence-electron chi connectivity index (χ2n) is 4.70. The third-order valence-electron chi connectivity index (χ3n) is 3.46. The number of rotatable bonds is 6. The first kappa shape index (κ1) is 13.7. The Hall–Kier alpha value is -1.68. The number of nitrogens with zero attached hydrogens (tertiary/aromatic N) is 3. The predicted octanol–water partition coefficient (Wildman–Crippen LogP) is 2.77. The molecule has 19 heavy (non-hydrogen) atoms. The molecule has 0 aliphatic carbocycles. The van der Waals surface area contributed by atoms with Gasteiger partial charge in [-0.2, -0.15) is 0 Å². The van der Waals surface area contributed by atoms with E-state index in [2.05, 4.69) is 41.0 Å². The number of para-hydroxylation sites is 2. The van der Waals surface area contributed by atoms with Gasteiger partial charge in [-0.05, 0) is 32.1 Å². The predicted molar refractivity (Wildman–Crippen MR) is 80.4 cm³/mol. The summed E-state index contributed by atoms with van der Waals surface area (Å²) in [6.45, 7) is 9.64. The van der Waals surface area contributed by atoms with Gasteiger partial charge in [0.25, 0.3) is 0 Å². The Bertz CT molecular complexity index is 522. The zero-order valence-corrected chi connectivity index (χ0v) is 11.9. The van der Waals surface area contributed by atoms with Gasteiger partial charge in [-0.3, -0.25) is 9.88 Å². The highest BCUT2D eigenvalue weighted by molar-refractivity contribution is 5.75. The van der Waals surface area contributed by atoms with E-state index < -0.39 is 0 Å². The Morgan fingerprint density at radius 3 is 2.53 bits per heavy atom. The molecular formula is C15H22N4. The maximum atomic E-state index is 4.57. The Morgan fingerprint density at radius 1 is 1.16 bits per heavy atom. The SMILES string of the molecule is CCN(CC)C(C)CNc1cnc2ccccc2n1. The molecule has 1 atom stereocenters. The second kappa shape index (κ2) is 6.48. The minimum atomic E-state index is 0.489. The fourth-order valence-corrected chi connectivity index (χ4v) is 2.27. The van der Waals surface area contributed by atoms with Crippen LogP contribution in [0.4, 0.5) is 5.82 Å². The molecule has 2 rings (SSSR count). The maximum Gasteiger partial charge on any atom is 0.145 e. The minimum Gasteiger partial charge on any atom is -0.367 e. The first-order valence-electron chi connectivity index (χ1n) is 6.94. The van der Waals surface area contributed by atoms with E-state index in [0.29, 0.717) is 6.04 Å². The highest BCUT2D eigenvalue weighted by Crippen LogP contribution is 2.11. The van der Waals surface area contributed by atoms with E-state index in [-0.39, 0.29) is 0 Å².